The smallest absolute Gasteiger partial charge is 0.226 e. The van der Waals surface area contributed by atoms with Crippen LogP contribution >= 0.6 is 23.1 Å². The van der Waals surface area contributed by atoms with Crippen LogP contribution in [0.15, 0.2) is 47.5 Å². The second-order valence-electron chi connectivity index (χ2n) is 8.56. The van der Waals surface area contributed by atoms with Crippen LogP contribution in [0.2, 0.25) is 0 Å². The van der Waals surface area contributed by atoms with Crippen LogP contribution in [0.4, 0.5) is 10.9 Å². The van der Waals surface area contributed by atoms with Crippen molar-refractivity contribution in [2.24, 2.45) is 0 Å². The summed E-state index contributed by atoms with van der Waals surface area (Å²) in [4.78, 5) is 21.3. The molecule has 0 unspecified atom stereocenters. The first-order valence-corrected chi connectivity index (χ1v) is 13.1. The van der Waals surface area contributed by atoms with Crippen molar-refractivity contribution >= 4 is 50.2 Å². The van der Waals surface area contributed by atoms with Crippen LogP contribution in [0.1, 0.15) is 48.4 Å². The molecule has 7 nitrogen and oxygen atoms in total. The molecule has 0 atom stereocenters. The number of carbonyl (C=O) groups is 1. The van der Waals surface area contributed by atoms with Crippen LogP contribution in [-0.2, 0) is 4.79 Å². The highest BCUT2D eigenvalue weighted by Gasteiger charge is 2.21. The van der Waals surface area contributed by atoms with Gasteiger partial charge in [-0.15, -0.1) is 11.8 Å². The average Bonchev–Trinajstić information content (AvgIpc) is 3.24. The Hall–Kier alpha value is -3.92. The van der Waals surface area contributed by atoms with E-state index in [1.54, 1.807) is 0 Å². The van der Waals surface area contributed by atoms with Gasteiger partial charge in [-0.1, -0.05) is 55.5 Å². The van der Waals surface area contributed by atoms with Gasteiger partial charge in [0.05, 0.1) is 15.8 Å². The normalized spacial score (nSPS) is 10.8. The minimum absolute atomic E-state index is 0.0659. The summed E-state index contributed by atoms with van der Waals surface area (Å²) >= 11 is 2.70. The third-order valence-electron chi connectivity index (χ3n) is 5.64. The lowest BCUT2D eigenvalue weighted by atomic mass is 9.94. The number of benzene rings is 2. The van der Waals surface area contributed by atoms with Gasteiger partial charge in [-0.2, -0.15) is 10.5 Å². The van der Waals surface area contributed by atoms with Gasteiger partial charge in [-0.05, 0) is 41.7 Å². The maximum atomic E-state index is 12.5. The summed E-state index contributed by atoms with van der Waals surface area (Å²) in [6.45, 7) is 6.22. The SMILES string of the molecule is Cc1ccc2nc(NC(=O)CCSc3nc(N)c(C#N)c(-c4ccc(C(C)C)cc4)c3C#N)sc2c1. The highest BCUT2D eigenvalue weighted by atomic mass is 32.2. The number of nitrogens with two attached hydrogens (primary N) is 1. The predicted molar refractivity (Wildman–Crippen MR) is 146 cm³/mol. The number of nitrogens with zero attached hydrogens (tertiary/aromatic N) is 4. The fraction of sp³-hybridized carbons (Fsp3) is 0.222. The lowest BCUT2D eigenvalue weighted by molar-refractivity contribution is -0.115. The van der Waals surface area contributed by atoms with Gasteiger partial charge >= 0.3 is 0 Å². The average molecular weight is 513 g/mol. The van der Waals surface area contributed by atoms with E-state index in [2.05, 4.69) is 41.3 Å². The summed E-state index contributed by atoms with van der Waals surface area (Å²) in [5.41, 5.74) is 10.9. The number of aromatic nitrogens is 2. The first-order valence-electron chi connectivity index (χ1n) is 11.3. The number of thiazole rings is 1. The summed E-state index contributed by atoms with van der Waals surface area (Å²) in [7, 11) is 0. The highest BCUT2D eigenvalue weighted by Crippen LogP contribution is 2.36. The molecule has 2 heterocycles. The minimum Gasteiger partial charge on any atom is -0.383 e. The van der Waals surface area contributed by atoms with Crippen molar-refractivity contribution in [2.75, 3.05) is 16.8 Å². The molecule has 180 valence electrons. The van der Waals surface area contributed by atoms with E-state index in [1.165, 1.54) is 23.1 Å². The first kappa shape index (κ1) is 25.2. The van der Waals surface area contributed by atoms with Crippen molar-refractivity contribution in [3.05, 3.63) is 64.7 Å². The van der Waals surface area contributed by atoms with Crippen LogP contribution < -0.4 is 11.1 Å². The summed E-state index contributed by atoms with van der Waals surface area (Å²) in [6, 6.07) is 18.0. The third kappa shape index (κ3) is 5.33. The molecule has 4 rings (SSSR count). The molecular formula is C27H24N6OS2. The number of hydrogen-bond donors (Lipinski definition) is 2. The van der Waals surface area contributed by atoms with Crippen molar-refractivity contribution in [3.8, 4) is 23.3 Å². The first-order chi connectivity index (χ1) is 17.3. The van der Waals surface area contributed by atoms with Crippen LogP contribution in [0.25, 0.3) is 21.3 Å². The number of pyridine rings is 1. The number of nitriles is 2. The molecule has 0 radical (unpaired) electrons. The molecule has 0 aliphatic heterocycles. The Kier molecular flexibility index (Phi) is 7.54. The predicted octanol–water partition coefficient (Wildman–Crippen LogP) is 6.24. The second-order valence-corrected chi connectivity index (χ2v) is 10.7. The molecule has 0 saturated heterocycles. The molecule has 0 fully saturated rings. The molecular weight excluding hydrogens is 488 g/mol. The van der Waals surface area contributed by atoms with Gasteiger partial charge in [0.15, 0.2) is 5.13 Å². The maximum Gasteiger partial charge on any atom is 0.226 e. The molecule has 0 bridgehead atoms. The van der Waals surface area contributed by atoms with Crippen molar-refractivity contribution in [1.82, 2.24) is 9.97 Å². The number of amides is 1. The molecule has 2 aromatic heterocycles. The van der Waals surface area contributed by atoms with E-state index in [0.29, 0.717) is 27.4 Å². The quantitative estimate of drug-likeness (QED) is 0.281. The van der Waals surface area contributed by atoms with Gasteiger partial charge in [0.2, 0.25) is 5.91 Å². The monoisotopic (exact) mass is 512 g/mol. The largest absolute Gasteiger partial charge is 0.383 e. The van der Waals surface area contributed by atoms with Crippen molar-refractivity contribution < 1.29 is 4.79 Å². The standard InChI is InChI=1S/C27H24N6OS2/c1-15(2)17-5-7-18(8-6-17)24-19(13-28)25(30)33-26(20(24)14-29)35-11-10-23(34)32-27-31-21-9-4-16(3)12-22(21)36-27/h4-9,12,15H,10-11H2,1-3H3,(H2,30,33)(H,31,32,34). The Balaban J connectivity index is 1.52. The highest BCUT2D eigenvalue weighted by molar-refractivity contribution is 7.99. The van der Waals surface area contributed by atoms with Crippen molar-refractivity contribution in [3.63, 3.8) is 0 Å². The summed E-state index contributed by atoms with van der Waals surface area (Å²) in [5.74, 6) is 0.629. The number of fused-ring (bicyclic) bond motifs is 1. The van der Waals surface area contributed by atoms with Gasteiger partial charge in [0.1, 0.15) is 28.5 Å². The van der Waals surface area contributed by atoms with E-state index < -0.39 is 0 Å². The summed E-state index contributed by atoms with van der Waals surface area (Å²) < 4.78 is 1.02. The summed E-state index contributed by atoms with van der Waals surface area (Å²) in [5, 5.41) is 23.5. The fourth-order valence-corrected chi connectivity index (χ4v) is 5.65. The molecule has 0 aliphatic carbocycles. The number of nitrogens with one attached hydrogen (secondary N) is 1. The number of anilines is 2. The lowest BCUT2D eigenvalue weighted by Crippen LogP contribution is -2.12. The van der Waals surface area contributed by atoms with Gasteiger partial charge < -0.3 is 11.1 Å². The zero-order valence-electron chi connectivity index (χ0n) is 20.1. The Bertz CT molecular complexity index is 1530. The third-order valence-corrected chi connectivity index (χ3v) is 7.55. The van der Waals surface area contributed by atoms with E-state index in [9.17, 15) is 15.3 Å². The van der Waals surface area contributed by atoms with Crippen molar-refractivity contribution in [2.45, 2.75) is 38.1 Å². The molecule has 0 spiro atoms. The Morgan fingerprint density at radius 3 is 2.50 bits per heavy atom. The Morgan fingerprint density at radius 2 is 1.83 bits per heavy atom. The van der Waals surface area contributed by atoms with E-state index in [0.717, 1.165) is 26.9 Å². The summed E-state index contributed by atoms with van der Waals surface area (Å²) in [6.07, 6.45) is 0.199. The van der Waals surface area contributed by atoms with Gasteiger partial charge in [0, 0.05) is 17.7 Å². The molecule has 36 heavy (non-hydrogen) atoms. The fourth-order valence-electron chi connectivity index (χ4n) is 3.73. The molecule has 0 saturated carbocycles. The number of rotatable bonds is 7. The topological polar surface area (TPSA) is 128 Å². The van der Waals surface area contributed by atoms with E-state index >= 15 is 0 Å². The molecule has 9 heteroatoms. The van der Waals surface area contributed by atoms with Gasteiger partial charge in [0.25, 0.3) is 0 Å². The maximum absolute atomic E-state index is 12.5. The molecule has 4 aromatic rings. The van der Waals surface area contributed by atoms with E-state index in [4.69, 9.17) is 5.73 Å². The Labute approximate surface area is 218 Å². The molecule has 1 amide bonds. The molecule has 0 aliphatic rings. The number of aryl methyl sites for hydroxylation is 1. The second kappa shape index (κ2) is 10.8. The van der Waals surface area contributed by atoms with Crippen LogP contribution in [0.5, 0.6) is 0 Å². The lowest BCUT2D eigenvalue weighted by Gasteiger charge is -2.14. The molecule has 3 N–H and O–H groups in total. The number of carbonyl (C=O) groups excluding carboxylic acids is 1. The number of nitrogen functional groups attached to an aromatic ring is 1. The Morgan fingerprint density at radius 1 is 1.11 bits per heavy atom. The van der Waals surface area contributed by atoms with Crippen LogP contribution in [0.3, 0.4) is 0 Å². The molecule has 2 aromatic carbocycles. The van der Waals surface area contributed by atoms with Crippen molar-refractivity contribution in [1.29, 1.82) is 10.5 Å². The van der Waals surface area contributed by atoms with E-state index in [1.807, 2.05) is 49.4 Å². The number of hydrogen-bond acceptors (Lipinski definition) is 8. The zero-order valence-corrected chi connectivity index (χ0v) is 21.8. The van der Waals surface area contributed by atoms with E-state index in [-0.39, 0.29) is 29.3 Å². The van der Waals surface area contributed by atoms with Gasteiger partial charge in [-0.25, -0.2) is 9.97 Å². The van der Waals surface area contributed by atoms with Gasteiger partial charge in [-0.3, -0.25) is 4.79 Å². The van der Waals surface area contributed by atoms with Crippen LogP contribution in [0, 0.1) is 29.6 Å². The van der Waals surface area contributed by atoms with Crippen LogP contribution in [-0.4, -0.2) is 21.6 Å². The number of thioether (sulfide) groups is 1. The zero-order chi connectivity index (χ0) is 25.8. The minimum atomic E-state index is -0.178.